The molecule has 3 aromatic rings. The van der Waals surface area contributed by atoms with E-state index in [1.807, 2.05) is 66.5 Å². The molecule has 1 spiro atoms. The van der Waals surface area contributed by atoms with Crippen LogP contribution in [0.3, 0.4) is 0 Å². The normalized spacial score (nSPS) is 18.9. The van der Waals surface area contributed by atoms with Crippen LogP contribution in [0.25, 0.3) is 0 Å². The van der Waals surface area contributed by atoms with Crippen molar-refractivity contribution in [3.8, 4) is 0 Å². The molecule has 0 N–H and O–H groups in total. The van der Waals surface area contributed by atoms with E-state index in [-0.39, 0.29) is 10.7 Å². The van der Waals surface area contributed by atoms with E-state index in [4.69, 9.17) is 9.84 Å². The Kier molecular flexibility index (Phi) is 5.29. The maximum absolute atomic E-state index is 12.6. The number of non-ortho nitro benzene ring substituents is 1. The van der Waals surface area contributed by atoms with E-state index in [0.717, 1.165) is 22.5 Å². The molecule has 10 heteroatoms. The van der Waals surface area contributed by atoms with Gasteiger partial charge < -0.3 is 4.74 Å². The summed E-state index contributed by atoms with van der Waals surface area (Å²) < 4.78 is 4.99. The van der Waals surface area contributed by atoms with Gasteiger partial charge in [-0.3, -0.25) is 10.1 Å². The van der Waals surface area contributed by atoms with Crippen LogP contribution < -0.4 is 10.0 Å². The van der Waals surface area contributed by atoms with Crippen molar-refractivity contribution in [1.82, 2.24) is 0 Å². The lowest BCUT2D eigenvalue weighted by Crippen LogP contribution is -2.53. The fraction of sp³-hybridized carbons (Fsp3) is 0.125. The molecule has 0 amide bonds. The van der Waals surface area contributed by atoms with Crippen LogP contribution in [0.1, 0.15) is 18.1 Å². The Balaban J connectivity index is 1.78. The lowest BCUT2D eigenvalue weighted by molar-refractivity contribution is -0.384. The summed E-state index contributed by atoms with van der Waals surface area (Å²) in [6.07, 6.45) is 0. The van der Waals surface area contributed by atoms with Crippen LogP contribution >= 0.6 is 11.8 Å². The summed E-state index contributed by atoms with van der Waals surface area (Å²) in [4.78, 5) is 22.3. The first kappa shape index (κ1) is 21.7. The van der Waals surface area contributed by atoms with E-state index in [1.165, 1.54) is 31.0 Å². The smallest absolute Gasteiger partial charge is 0.365 e. The third-order valence-electron chi connectivity index (χ3n) is 5.59. The van der Waals surface area contributed by atoms with Crippen LogP contribution in [0, 0.1) is 10.1 Å². The molecule has 170 valence electrons. The van der Waals surface area contributed by atoms with Gasteiger partial charge in [-0.15, -0.1) is 0 Å². The zero-order valence-corrected chi connectivity index (χ0v) is 19.1. The number of methoxy groups -OCH3 is 1. The number of anilines is 2. The zero-order valence-electron chi connectivity index (χ0n) is 18.3. The van der Waals surface area contributed by atoms with Gasteiger partial charge in [-0.25, -0.2) is 14.8 Å². The number of para-hydroxylation sites is 1. The molecule has 0 fully saturated rings. The minimum Gasteiger partial charge on any atom is -0.464 e. The van der Waals surface area contributed by atoms with Crippen molar-refractivity contribution in [3.05, 3.63) is 100 Å². The second-order valence-corrected chi connectivity index (χ2v) is 8.73. The SMILES string of the molecule is COC(=O)C1=NN(c2ccc([N+](=O)[O-])cc2)[C@@]2(S1)c1ccccc1C(C)=NN2c1ccccc1. The van der Waals surface area contributed by atoms with Gasteiger partial charge in [-0.05, 0) is 43.0 Å². The van der Waals surface area contributed by atoms with E-state index >= 15 is 0 Å². The van der Waals surface area contributed by atoms with Gasteiger partial charge in [-0.1, -0.05) is 42.5 Å². The average Bonchev–Trinajstić information content (AvgIpc) is 3.27. The molecule has 3 aromatic carbocycles. The third kappa shape index (κ3) is 3.30. The molecular weight excluding hydrogens is 454 g/mol. The summed E-state index contributed by atoms with van der Waals surface area (Å²) in [5, 5.41) is 24.4. The van der Waals surface area contributed by atoms with Crippen LogP contribution in [0.4, 0.5) is 17.1 Å². The van der Waals surface area contributed by atoms with Gasteiger partial charge in [0.2, 0.25) is 10.0 Å². The first-order valence-corrected chi connectivity index (χ1v) is 11.2. The number of hydrogen-bond acceptors (Lipinski definition) is 9. The second-order valence-electron chi connectivity index (χ2n) is 7.57. The first-order valence-electron chi connectivity index (χ1n) is 10.4. The van der Waals surface area contributed by atoms with Crippen molar-refractivity contribution in [2.75, 3.05) is 17.1 Å². The Hall–Kier alpha value is -4.18. The maximum atomic E-state index is 12.6. The number of esters is 1. The number of nitro groups is 1. The summed E-state index contributed by atoms with van der Waals surface area (Å²) in [6, 6.07) is 23.4. The molecule has 0 aliphatic carbocycles. The highest BCUT2D eigenvalue weighted by atomic mass is 32.2. The third-order valence-corrected chi connectivity index (χ3v) is 6.88. The fourth-order valence-corrected chi connectivity index (χ4v) is 5.36. The molecule has 9 nitrogen and oxygen atoms in total. The largest absolute Gasteiger partial charge is 0.464 e. The summed E-state index contributed by atoms with van der Waals surface area (Å²) in [5.74, 6) is -0.578. The van der Waals surface area contributed by atoms with Crippen molar-refractivity contribution >= 4 is 45.5 Å². The van der Waals surface area contributed by atoms with Gasteiger partial charge in [0.25, 0.3) is 5.69 Å². The van der Waals surface area contributed by atoms with Gasteiger partial charge in [0, 0.05) is 23.3 Å². The Labute approximate surface area is 199 Å². The van der Waals surface area contributed by atoms with E-state index in [9.17, 15) is 14.9 Å². The molecular formula is C24H19N5O4S. The van der Waals surface area contributed by atoms with Crippen molar-refractivity contribution < 1.29 is 14.5 Å². The number of thioether (sulfide) groups is 1. The lowest BCUT2D eigenvalue weighted by Gasteiger charge is -2.46. The number of nitrogens with zero attached hydrogens (tertiary/aromatic N) is 5. The topological polar surface area (TPSA) is 101 Å². The molecule has 2 aliphatic rings. The molecule has 0 aromatic heterocycles. The predicted molar refractivity (Wildman–Crippen MR) is 132 cm³/mol. The number of carbonyl (C=O) groups excluding carboxylic acids is 1. The number of ether oxygens (including phenoxy) is 1. The van der Waals surface area contributed by atoms with Crippen molar-refractivity contribution in [2.24, 2.45) is 10.2 Å². The number of carbonyl (C=O) groups is 1. The highest BCUT2D eigenvalue weighted by Crippen LogP contribution is 2.54. The van der Waals surface area contributed by atoms with Crippen LogP contribution in [0.5, 0.6) is 0 Å². The summed E-state index contributed by atoms with van der Waals surface area (Å²) in [5.41, 5.74) is 3.90. The second kappa shape index (κ2) is 8.31. The van der Waals surface area contributed by atoms with Gasteiger partial charge in [-0.2, -0.15) is 10.2 Å². The van der Waals surface area contributed by atoms with Crippen molar-refractivity contribution in [2.45, 2.75) is 11.9 Å². The number of benzene rings is 3. The Bertz CT molecular complexity index is 1340. The highest BCUT2D eigenvalue weighted by molar-refractivity contribution is 8.16. The highest BCUT2D eigenvalue weighted by Gasteiger charge is 2.56. The summed E-state index contributed by atoms with van der Waals surface area (Å²) >= 11 is 1.21. The Morgan fingerprint density at radius 3 is 2.24 bits per heavy atom. The number of hydrogen-bond donors (Lipinski definition) is 0. The van der Waals surface area contributed by atoms with E-state index in [0.29, 0.717) is 5.69 Å². The van der Waals surface area contributed by atoms with Crippen molar-refractivity contribution in [3.63, 3.8) is 0 Å². The van der Waals surface area contributed by atoms with Crippen LogP contribution in [-0.2, 0) is 14.5 Å². The zero-order chi connectivity index (χ0) is 23.9. The van der Waals surface area contributed by atoms with E-state index < -0.39 is 15.9 Å². The van der Waals surface area contributed by atoms with Crippen LogP contribution in [0.15, 0.2) is 89.1 Å². The number of hydrazone groups is 2. The summed E-state index contributed by atoms with van der Waals surface area (Å²) in [7, 11) is 1.30. The fourth-order valence-electron chi connectivity index (χ4n) is 4.05. The Morgan fingerprint density at radius 1 is 0.941 bits per heavy atom. The standard InChI is InChI=1S/C24H19N5O4S/c1-16-20-10-6-7-11-21(20)24(27(25-16)17-8-4-3-5-9-17)28(26-22(34-24)23(30)33-2)18-12-14-19(15-13-18)29(31)32/h3-15H,1-2H3/t24-/m1/s1. The molecule has 2 heterocycles. The maximum Gasteiger partial charge on any atom is 0.365 e. The molecule has 34 heavy (non-hydrogen) atoms. The van der Waals surface area contributed by atoms with Gasteiger partial charge in [0.1, 0.15) is 0 Å². The molecule has 0 saturated heterocycles. The monoisotopic (exact) mass is 473 g/mol. The molecule has 0 unspecified atom stereocenters. The van der Waals surface area contributed by atoms with Crippen LogP contribution in [-0.4, -0.2) is 28.8 Å². The number of fused-ring (bicyclic) bond motifs is 2. The van der Waals surface area contributed by atoms with E-state index in [2.05, 4.69) is 5.10 Å². The lowest BCUT2D eigenvalue weighted by atomic mass is 9.98. The molecule has 1 atom stereocenters. The minimum absolute atomic E-state index is 0.0420. The summed E-state index contributed by atoms with van der Waals surface area (Å²) in [6.45, 7) is 1.93. The van der Waals surface area contributed by atoms with Gasteiger partial charge in [0.15, 0.2) is 0 Å². The molecule has 2 aliphatic heterocycles. The molecule has 0 saturated carbocycles. The Morgan fingerprint density at radius 2 is 1.56 bits per heavy atom. The number of nitro benzene ring substituents is 1. The van der Waals surface area contributed by atoms with Gasteiger partial charge in [0.05, 0.1) is 29.1 Å². The quantitative estimate of drug-likeness (QED) is 0.308. The van der Waals surface area contributed by atoms with E-state index in [1.54, 1.807) is 17.1 Å². The first-order chi connectivity index (χ1) is 16.5. The molecule has 5 rings (SSSR count). The van der Waals surface area contributed by atoms with Crippen LogP contribution in [0.2, 0.25) is 0 Å². The number of rotatable bonds is 4. The molecule has 0 bridgehead atoms. The predicted octanol–water partition coefficient (Wildman–Crippen LogP) is 4.69. The van der Waals surface area contributed by atoms with Gasteiger partial charge >= 0.3 is 5.97 Å². The molecule has 0 radical (unpaired) electrons. The van der Waals surface area contributed by atoms with Crippen molar-refractivity contribution in [1.29, 1.82) is 0 Å². The minimum atomic E-state index is -1.11. The average molecular weight is 474 g/mol.